The van der Waals surface area contributed by atoms with Crippen molar-refractivity contribution in [1.29, 1.82) is 0 Å². The van der Waals surface area contributed by atoms with Gasteiger partial charge in [-0.15, -0.1) is 0 Å². The van der Waals surface area contributed by atoms with E-state index in [-0.39, 0.29) is 5.78 Å². The summed E-state index contributed by atoms with van der Waals surface area (Å²) in [5.41, 5.74) is 0.383. The zero-order chi connectivity index (χ0) is 15.3. The molecule has 0 saturated carbocycles. The van der Waals surface area contributed by atoms with Crippen molar-refractivity contribution in [1.82, 2.24) is 4.90 Å². The highest BCUT2D eigenvalue weighted by atomic mass is 16.6. The van der Waals surface area contributed by atoms with Gasteiger partial charge in [-0.2, -0.15) is 0 Å². The van der Waals surface area contributed by atoms with Gasteiger partial charge in [0.15, 0.2) is 5.78 Å². The van der Waals surface area contributed by atoms with Crippen LogP contribution in [0.25, 0.3) is 0 Å². The number of ether oxygens (including phenoxy) is 1. The van der Waals surface area contributed by atoms with E-state index in [0.29, 0.717) is 6.54 Å². The fraction of sp³-hybridized carbons (Fsp3) is 0.500. The van der Waals surface area contributed by atoms with Crippen molar-refractivity contribution in [3.8, 4) is 0 Å². The Labute approximate surface area is 120 Å². The largest absolute Gasteiger partial charge is 0.444 e. The van der Waals surface area contributed by atoms with Crippen LogP contribution in [0.15, 0.2) is 30.3 Å². The molecule has 4 nitrogen and oxygen atoms in total. The second kappa shape index (κ2) is 6.55. The van der Waals surface area contributed by atoms with Crippen molar-refractivity contribution < 1.29 is 14.3 Å². The van der Waals surface area contributed by atoms with E-state index in [0.717, 1.165) is 5.56 Å². The first-order valence-electron chi connectivity index (χ1n) is 6.74. The Hall–Kier alpha value is -1.84. The summed E-state index contributed by atoms with van der Waals surface area (Å²) in [6.07, 6.45) is -0.468. The first kappa shape index (κ1) is 16.2. The SMILES string of the molecule is CC(=O)C(C)N(Cc1ccccc1)C(=O)OC(C)(C)C. The molecule has 0 spiro atoms. The number of amides is 1. The van der Waals surface area contributed by atoms with Crippen LogP contribution < -0.4 is 0 Å². The first-order valence-corrected chi connectivity index (χ1v) is 6.74. The van der Waals surface area contributed by atoms with Crippen LogP contribution in [0.2, 0.25) is 0 Å². The van der Waals surface area contributed by atoms with Gasteiger partial charge in [0.25, 0.3) is 0 Å². The Balaban J connectivity index is 2.91. The molecule has 1 rings (SSSR count). The molecule has 0 aliphatic heterocycles. The van der Waals surface area contributed by atoms with Gasteiger partial charge in [0.2, 0.25) is 0 Å². The van der Waals surface area contributed by atoms with Crippen molar-refractivity contribution in [3.63, 3.8) is 0 Å². The normalized spacial score (nSPS) is 12.7. The van der Waals surface area contributed by atoms with Crippen LogP contribution in [-0.2, 0) is 16.1 Å². The number of nitrogens with zero attached hydrogens (tertiary/aromatic N) is 1. The predicted octanol–water partition coefficient (Wildman–Crippen LogP) is 3.40. The first-order chi connectivity index (χ1) is 9.20. The van der Waals surface area contributed by atoms with Crippen molar-refractivity contribution in [2.45, 2.75) is 52.8 Å². The maximum Gasteiger partial charge on any atom is 0.411 e. The standard InChI is InChI=1S/C16H23NO3/c1-12(13(2)18)17(15(19)20-16(3,4)5)11-14-9-7-6-8-10-14/h6-10,12H,11H2,1-5H3. The summed E-state index contributed by atoms with van der Waals surface area (Å²) in [6, 6.07) is 9.05. The molecule has 4 heteroatoms. The molecule has 0 heterocycles. The molecule has 0 fully saturated rings. The third kappa shape index (κ3) is 5.03. The molecule has 1 atom stereocenters. The molecule has 1 aromatic rings. The molecule has 1 amide bonds. The lowest BCUT2D eigenvalue weighted by Crippen LogP contribution is -2.44. The summed E-state index contributed by atoms with van der Waals surface area (Å²) in [5.74, 6) is -0.0632. The monoisotopic (exact) mass is 277 g/mol. The van der Waals surface area contributed by atoms with E-state index in [1.807, 2.05) is 51.1 Å². The maximum absolute atomic E-state index is 12.3. The molecule has 110 valence electrons. The Bertz CT molecular complexity index is 462. The van der Waals surface area contributed by atoms with E-state index in [2.05, 4.69) is 0 Å². The molecule has 0 aliphatic carbocycles. The molecule has 1 aromatic carbocycles. The Morgan fingerprint density at radius 1 is 1.20 bits per heavy atom. The van der Waals surface area contributed by atoms with E-state index in [9.17, 15) is 9.59 Å². The van der Waals surface area contributed by atoms with Crippen LogP contribution in [0.5, 0.6) is 0 Å². The van der Waals surface area contributed by atoms with Crippen LogP contribution >= 0.6 is 0 Å². The summed E-state index contributed by atoms with van der Waals surface area (Å²) in [5, 5.41) is 0. The second-order valence-corrected chi connectivity index (χ2v) is 5.88. The molecule has 0 aromatic heterocycles. The van der Waals surface area contributed by atoms with Gasteiger partial charge in [0.05, 0.1) is 6.04 Å². The topological polar surface area (TPSA) is 46.6 Å². The summed E-state index contributed by atoms with van der Waals surface area (Å²) >= 11 is 0. The molecular weight excluding hydrogens is 254 g/mol. The zero-order valence-corrected chi connectivity index (χ0v) is 12.8. The minimum atomic E-state index is -0.581. The summed E-state index contributed by atoms with van der Waals surface area (Å²) in [7, 11) is 0. The van der Waals surface area contributed by atoms with E-state index in [4.69, 9.17) is 4.74 Å². The van der Waals surface area contributed by atoms with Crippen molar-refractivity contribution in [2.75, 3.05) is 0 Å². The Kier molecular flexibility index (Phi) is 5.31. The lowest BCUT2D eigenvalue weighted by Gasteiger charge is -2.30. The van der Waals surface area contributed by atoms with E-state index in [1.165, 1.54) is 11.8 Å². The quantitative estimate of drug-likeness (QED) is 0.847. The molecule has 1 unspecified atom stereocenters. The summed E-state index contributed by atoms with van der Waals surface area (Å²) < 4.78 is 5.38. The summed E-state index contributed by atoms with van der Waals surface area (Å²) in [4.78, 5) is 25.3. The smallest absolute Gasteiger partial charge is 0.411 e. The van der Waals surface area contributed by atoms with Gasteiger partial charge in [-0.05, 0) is 40.2 Å². The van der Waals surface area contributed by atoms with Gasteiger partial charge in [0, 0.05) is 6.54 Å². The van der Waals surface area contributed by atoms with Gasteiger partial charge >= 0.3 is 6.09 Å². The van der Waals surface area contributed by atoms with Gasteiger partial charge in [-0.3, -0.25) is 9.69 Å². The molecular formula is C16H23NO3. The lowest BCUT2D eigenvalue weighted by molar-refractivity contribution is -0.121. The molecule has 0 N–H and O–H groups in total. The third-order valence-electron chi connectivity index (χ3n) is 2.88. The van der Waals surface area contributed by atoms with Crippen molar-refractivity contribution in [3.05, 3.63) is 35.9 Å². The minimum absolute atomic E-state index is 0.0632. The number of Topliss-reactive ketones (excluding diaryl/α,β-unsaturated/α-hetero) is 1. The number of hydrogen-bond donors (Lipinski definition) is 0. The third-order valence-corrected chi connectivity index (χ3v) is 2.88. The van der Waals surface area contributed by atoms with Gasteiger partial charge < -0.3 is 4.74 Å². The van der Waals surface area contributed by atoms with Gasteiger partial charge in [0.1, 0.15) is 5.60 Å². The van der Waals surface area contributed by atoms with Gasteiger partial charge in [-0.1, -0.05) is 30.3 Å². The summed E-state index contributed by atoms with van der Waals surface area (Å²) in [6.45, 7) is 8.98. The highest BCUT2D eigenvalue weighted by molar-refractivity contribution is 5.85. The Morgan fingerprint density at radius 3 is 2.20 bits per heavy atom. The van der Waals surface area contributed by atoms with Crippen molar-refractivity contribution in [2.24, 2.45) is 0 Å². The number of carbonyl (C=O) groups excluding carboxylic acids is 2. The number of benzene rings is 1. The van der Waals surface area contributed by atoms with Crippen LogP contribution in [0.4, 0.5) is 4.79 Å². The van der Waals surface area contributed by atoms with Crippen LogP contribution in [-0.4, -0.2) is 28.4 Å². The molecule has 20 heavy (non-hydrogen) atoms. The number of carbonyl (C=O) groups is 2. The fourth-order valence-electron chi connectivity index (χ4n) is 1.68. The number of rotatable bonds is 4. The molecule has 0 aliphatic rings. The van der Waals surface area contributed by atoms with Crippen LogP contribution in [0, 0.1) is 0 Å². The van der Waals surface area contributed by atoms with Gasteiger partial charge in [-0.25, -0.2) is 4.79 Å². The molecule has 0 radical (unpaired) electrons. The van der Waals surface area contributed by atoms with E-state index in [1.54, 1.807) is 6.92 Å². The molecule has 0 saturated heterocycles. The minimum Gasteiger partial charge on any atom is -0.444 e. The highest BCUT2D eigenvalue weighted by Crippen LogP contribution is 2.15. The average Bonchev–Trinajstić information content (AvgIpc) is 2.34. The molecule has 0 bridgehead atoms. The van der Waals surface area contributed by atoms with E-state index < -0.39 is 17.7 Å². The fourth-order valence-corrected chi connectivity index (χ4v) is 1.68. The second-order valence-electron chi connectivity index (χ2n) is 5.88. The van der Waals surface area contributed by atoms with Crippen molar-refractivity contribution >= 4 is 11.9 Å². The average molecular weight is 277 g/mol. The van der Waals surface area contributed by atoms with Crippen LogP contribution in [0.3, 0.4) is 0 Å². The van der Waals surface area contributed by atoms with E-state index >= 15 is 0 Å². The number of ketones is 1. The van der Waals surface area contributed by atoms with Crippen LogP contribution in [0.1, 0.15) is 40.2 Å². The lowest BCUT2D eigenvalue weighted by atomic mass is 10.1. The predicted molar refractivity (Wildman–Crippen MR) is 78.4 cm³/mol. The zero-order valence-electron chi connectivity index (χ0n) is 12.8. The Morgan fingerprint density at radius 2 is 1.75 bits per heavy atom. The number of hydrogen-bond acceptors (Lipinski definition) is 3. The highest BCUT2D eigenvalue weighted by Gasteiger charge is 2.28. The maximum atomic E-state index is 12.3.